The second kappa shape index (κ2) is 4.73. The van der Waals surface area contributed by atoms with Crippen LogP contribution >= 0.6 is 0 Å². The van der Waals surface area contributed by atoms with Crippen molar-refractivity contribution in [1.29, 1.82) is 0 Å². The Morgan fingerprint density at radius 1 is 1.47 bits per heavy atom. The molecule has 1 aromatic rings. The summed E-state index contributed by atoms with van der Waals surface area (Å²) in [6, 6.07) is 4.14. The molecule has 1 saturated carbocycles. The van der Waals surface area contributed by atoms with E-state index in [2.05, 4.69) is 0 Å². The van der Waals surface area contributed by atoms with Gasteiger partial charge in [-0.25, -0.2) is 9.86 Å². The molecule has 104 valence electrons. The van der Waals surface area contributed by atoms with Crippen molar-refractivity contribution in [3.05, 3.63) is 35.4 Å². The summed E-state index contributed by atoms with van der Waals surface area (Å²) in [4.78, 5) is 10.6. The minimum atomic E-state index is -4.36. The predicted molar refractivity (Wildman–Crippen MR) is 60.4 cm³/mol. The summed E-state index contributed by atoms with van der Waals surface area (Å²) in [5.41, 5.74) is 4.74. The summed E-state index contributed by atoms with van der Waals surface area (Å²) in [6.07, 6.45) is -3.73. The molecule has 4 nitrogen and oxygen atoms in total. The molecule has 0 heterocycles. The number of urea groups is 1. The lowest BCUT2D eigenvalue weighted by Crippen LogP contribution is -2.34. The van der Waals surface area contributed by atoms with E-state index in [0.29, 0.717) is 17.0 Å². The van der Waals surface area contributed by atoms with Crippen LogP contribution in [0.15, 0.2) is 24.3 Å². The van der Waals surface area contributed by atoms with E-state index in [-0.39, 0.29) is 18.4 Å². The number of amides is 2. The monoisotopic (exact) mass is 274 g/mol. The first-order valence-electron chi connectivity index (χ1n) is 5.72. The Balaban J connectivity index is 2.04. The van der Waals surface area contributed by atoms with E-state index < -0.39 is 17.8 Å². The van der Waals surface area contributed by atoms with Crippen molar-refractivity contribution in [3.63, 3.8) is 0 Å². The van der Waals surface area contributed by atoms with Crippen LogP contribution in [0.3, 0.4) is 0 Å². The van der Waals surface area contributed by atoms with Crippen LogP contribution in [-0.2, 0) is 6.18 Å². The van der Waals surface area contributed by atoms with Crippen LogP contribution in [0.5, 0.6) is 0 Å². The fourth-order valence-corrected chi connectivity index (χ4v) is 2.12. The third-order valence-electron chi connectivity index (χ3n) is 3.23. The Hall–Kier alpha value is -1.76. The highest BCUT2D eigenvalue weighted by atomic mass is 19.4. The van der Waals surface area contributed by atoms with E-state index >= 15 is 0 Å². The number of nitrogens with zero attached hydrogens (tertiary/aromatic N) is 1. The van der Waals surface area contributed by atoms with Crippen LogP contribution in [0.25, 0.3) is 0 Å². The van der Waals surface area contributed by atoms with Crippen LogP contribution in [0.2, 0.25) is 0 Å². The average molecular weight is 274 g/mol. The van der Waals surface area contributed by atoms with Gasteiger partial charge in [0, 0.05) is 0 Å². The van der Waals surface area contributed by atoms with Gasteiger partial charge in [0.05, 0.1) is 12.1 Å². The Bertz CT molecular complexity index is 490. The van der Waals surface area contributed by atoms with E-state index in [1.807, 2.05) is 0 Å². The van der Waals surface area contributed by atoms with Crippen LogP contribution < -0.4 is 5.73 Å². The van der Waals surface area contributed by atoms with Gasteiger partial charge in [0.1, 0.15) is 0 Å². The van der Waals surface area contributed by atoms with Gasteiger partial charge in [-0.15, -0.1) is 0 Å². The number of primary amides is 1. The van der Waals surface area contributed by atoms with Gasteiger partial charge in [0.25, 0.3) is 0 Å². The molecule has 3 N–H and O–H groups in total. The molecule has 0 radical (unpaired) electrons. The molecule has 2 amide bonds. The second-order valence-corrected chi connectivity index (χ2v) is 4.65. The summed E-state index contributed by atoms with van der Waals surface area (Å²) in [6.45, 7) is 0.0379. The quantitative estimate of drug-likeness (QED) is 0.657. The molecule has 0 bridgehead atoms. The topological polar surface area (TPSA) is 66.6 Å². The second-order valence-electron chi connectivity index (χ2n) is 4.65. The lowest BCUT2D eigenvalue weighted by atomic mass is 10.1. The van der Waals surface area contributed by atoms with Gasteiger partial charge in [-0.05, 0) is 29.9 Å². The molecular formula is C12H13F3N2O2. The van der Waals surface area contributed by atoms with Crippen molar-refractivity contribution in [2.45, 2.75) is 18.5 Å². The highest BCUT2D eigenvalue weighted by Gasteiger charge is 2.41. The third-order valence-corrected chi connectivity index (χ3v) is 3.23. The van der Waals surface area contributed by atoms with Gasteiger partial charge >= 0.3 is 12.2 Å². The minimum Gasteiger partial charge on any atom is -0.350 e. The Labute approximate surface area is 107 Å². The van der Waals surface area contributed by atoms with E-state index in [1.54, 1.807) is 6.07 Å². The average Bonchev–Trinajstić information content (AvgIpc) is 3.07. The highest BCUT2D eigenvalue weighted by molar-refractivity contribution is 5.70. The number of benzene rings is 1. The molecule has 2 rings (SSSR count). The zero-order valence-corrected chi connectivity index (χ0v) is 9.89. The molecule has 1 aromatic carbocycles. The SMILES string of the molecule is NC(=O)N(O)C[C@@H]1C[C@H]1c1cccc(C(F)(F)F)c1. The molecule has 0 unspecified atom stereocenters. The number of carbonyl (C=O) groups is 1. The van der Waals surface area contributed by atoms with Gasteiger partial charge in [0.15, 0.2) is 0 Å². The van der Waals surface area contributed by atoms with Crippen molar-refractivity contribution in [3.8, 4) is 0 Å². The minimum absolute atomic E-state index is 0.0379. The third kappa shape index (κ3) is 3.17. The van der Waals surface area contributed by atoms with Crippen LogP contribution in [0.1, 0.15) is 23.5 Å². The zero-order valence-electron chi connectivity index (χ0n) is 9.89. The standard InChI is InChI=1S/C12H13F3N2O2/c13-12(14,15)9-3-1-2-7(4-9)10-5-8(10)6-17(19)11(16)18/h1-4,8,10,19H,5-6H2,(H2,16,18)/t8-,10-/m0/s1. The number of rotatable bonds is 3. The van der Waals surface area contributed by atoms with Crippen molar-refractivity contribution in [2.24, 2.45) is 11.7 Å². The fraction of sp³-hybridized carbons (Fsp3) is 0.417. The summed E-state index contributed by atoms with van der Waals surface area (Å²) in [5.74, 6) is -0.128. The Morgan fingerprint density at radius 3 is 2.74 bits per heavy atom. The number of carbonyl (C=O) groups excluding carboxylic acids is 1. The Kier molecular flexibility index (Phi) is 3.40. The van der Waals surface area contributed by atoms with Gasteiger partial charge < -0.3 is 5.73 Å². The van der Waals surface area contributed by atoms with Crippen LogP contribution in [0.4, 0.5) is 18.0 Å². The molecule has 2 atom stereocenters. The smallest absolute Gasteiger partial charge is 0.350 e. The number of nitrogens with two attached hydrogens (primary N) is 1. The van der Waals surface area contributed by atoms with Crippen molar-refractivity contribution in [1.82, 2.24) is 5.06 Å². The fourth-order valence-electron chi connectivity index (χ4n) is 2.12. The molecule has 19 heavy (non-hydrogen) atoms. The first-order chi connectivity index (χ1) is 8.79. The number of alkyl halides is 3. The summed E-state index contributed by atoms with van der Waals surface area (Å²) in [7, 11) is 0. The lowest BCUT2D eigenvalue weighted by Gasteiger charge is -2.12. The van der Waals surface area contributed by atoms with Crippen molar-refractivity contribution < 1.29 is 23.2 Å². The maximum atomic E-state index is 12.6. The summed E-state index contributed by atoms with van der Waals surface area (Å²) < 4.78 is 37.7. The maximum Gasteiger partial charge on any atom is 0.416 e. The molecule has 0 spiro atoms. The van der Waals surface area contributed by atoms with Crippen molar-refractivity contribution in [2.75, 3.05) is 6.54 Å². The van der Waals surface area contributed by atoms with E-state index in [4.69, 9.17) is 10.9 Å². The van der Waals surface area contributed by atoms with Gasteiger partial charge in [-0.3, -0.25) is 5.21 Å². The molecule has 1 aliphatic carbocycles. The molecule has 0 aliphatic heterocycles. The van der Waals surface area contributed by atoms with Gasteiger partial charge in [-0.2, -0.15) is 13.2 Å². The maximum absolute atomic E-state index is 12.6. The first-order valence-corrected chi connectivity index (χ1v) is 5.72. The number of hydrogen-bond donors (Lipinski definition) is 2. The summed E-state index contributed by atoms with van der Waals surface area (Å²) >= 11 is 0. The molecule has 1 fully saturated rings. The molecule has 1 aliphatic rings. The number of hydroxylamine groups is 2. The normalized spacial score (nSPS) is 22.1. The number of halogens is 3. The van der Waals surface area contributed by atoms with Gasteiger partial charge in [0.2, 0.25) is 0 Å². The van der Waals surface area contributed by atoms with E-state index in [9.17, 15) is 18.0 Å². The number of hydrogen-bond acceptors (Lipinski definition) is 2. The van der Waals surface area contributed by atoms with Gasteiger partial charge in [-0.1, -0.05) is 18.2 Å². The van der Waals surface area contributed by atoms with Crippen LogP contribution in [-0.4, -0.2) is 22.8 Å². The summed E-state index contributed by atoms with van der Waals surface area (Å²) in [5, 5.41) is 9.55. The molecule has 7 heteroatoms. The first kappa shape index (κ1) is 13.7. The zero-order chi connectivity index (χ0) is 14.2. The van der Waals surface area contributed by atoms with Crippen LogP contribution in [0, 0.1) is 5.92 Å². The molecular weight excluding hydrogens is 261 g/mol. The van der Waals surface area contributed by atoms with E-state index in [0.717, 1.165) is 12.1 Å². The predicted octanol–water partition coefficient (Wildman–Crippen LogP) is 2.58. The highest BCUT2D eigenvalue weighted by Crippen LogP contribution is 2.48. The molecule has 0 saturated heterocycles. The Morgan fingerprint density at radius 2 is 2.16 bits per heavy atom. The van der Waals surface area contributed by atoms with Crippen molar-refractivity contribution >= 4 is 6.03 Å². The molecule has 0 aromatic heterocycles. The lowest BCUT2D eigenvalue weighted by molar-refractivity contribution is -0.137. The largest absolute Gasteiger partial charge is 0.416 e. The van der Waals surface area contributed by atoms with E-state index in [1.165, 1.54) is 6.07 Å².